The molecule has 0 heterocycles. The summed E-state index contributed by atoms with van der Waals surface area (Å²) in [4.78, 5) is 14.0. The van der Waals surface area contributed by atoms with Crippen LogP contribution < -0.4 is 10.1 Å². The normalized spacial score (nSPS) is 10.3. The lowest BCUT2D eigenvalue weighted by Crippen LogP contribution is -2.35. The van der Waals surface area contributed by atoms with E-state index in [-0.39, 0.29) is 6.03 Å². The minimum absolute atomic E-state index is 0.140. The second-order valence-corrected chi connectivity index (χ2v) is 6.05. The number of hydrogen-bond donors (Lipinski definition) is 1. The van der Waals surface area contributed by atoms with Gasteiger partial charge in [0.1, 0.15) is 12.4 Å². The van der Waals surface area contributed by atoms with Gasteiger partial charge in [0.15, 0.2) is 0 Å². The maximum absolute atomic E-state index is 12.4. The zero-order valence-electron chi connectivity index (χ0n) is 14.3. The highest BCUT2D eigenvalue weighted by Gasteiger charge is 2.12. The number of anilines is 1. The number of para-hydroxylation sites is 1. The Labute approximate surface area is 148 Å². The van der Waals surface area contributed by atoms with E-state index < -0.39 is 0 Å². The van der Waals surface area contributed by atoms with E-state index in [4.69, 9.17) is 16.3 Å². The molecule has 5 heteroatoms. The summed E-state index contributed by atoms with van der Waals surface area (Å²) < 4.78 is 5.62. The zero-order valence-corrected chi connectivity index (χ0v) is 15.1. The molecule has 2 rings (SSSR count). The van der Waals surface area contributed by atoms with Gasteiger partial charge in [-0.1, -0.05) is 36.7 Å². The molecular formula is C19H23ClN2O2. The molecule has 2 aromatic rings. The van der Waals surface area contributed by atoms with Crippen molar-refractivity contribution >= 4 is 23.3 Å². The first-order valence-corrected chi connectivity index (χ1v) is 8.38. The third kappa shape index (κ3) is 4.90. The van der Waals surface area contributed by atoms with Crippen molar-refractivity contribution in [3.8, 4) is 5.75 Å². The second kappa shape index (κ2) is 8.60. The van der Waals surface area contributed by atoms with Gasteiger partial charge in [-0.05, 0) is 48.7 Å². The van der Waals surface area contributed by atoms with Crippen LogP contribution in [0.5, 0.6) is 5.75 Å². The van der Waals surface area contributed by atoms with Gasteiger partial charge >= 0.3 is 6.03 Å². The van der Waals surface area contributed by atoms with Crippen LogP contribution in [-0.4, -0.2) is 31.1 Å². The molecule has 2 aromatic carbocycles. The lowest BCUT2D eigenvalue weighted by Gasteiger charge is -2.20. The van der Waals surface area contributed by atoms with E-state index in [0.717, 1.165) is 29.0 Å². The highest BCUT2D eigenvalue weighted by Crippen LogP contribution is 2.21. The van der Waals surface area contributed by atoms with E-state index in [1.165, 1.54) is 0 Å². The second-order valence-electron chi connectivity index (χ2n) is 5.62. The van der Waals surface area contributed by atoms with Crippen molar-refractivity contribution < 1.29 is 9.53 Å². The van der Waals surface area contributed by atoms with Gasteiger partial charge < -0.3 is 15.0 Å². The molecule has 2 amide bonds. The lowest BCUT2D eigenvalue weighted by molar-refractivity contribution is 0.207. The fourth-order valence-electron chi connectivity index (χ4n) is 2.34. The Kier molecular flexibility index (Phi) is 6.50. The van der Waals surface area contributed by atoms with E-state index in [1.807, 2.05) is 37.3 Å². The number of ether oxygens (including phenoxy) is 1. The van der Waals surface area contributed by atoms with Gasteiger partial charge in [-0.2, -0.15) is 0 Å². The van der Waals surface area contributed by atoms with Gasteiger partial charge in [-0.25, -0.2) is 4.79 Å². The minimum Gasteiger partial charge on any atom is -0.492 e. The van der Waals surface area contributed by atoms with Crippen LogP contribution in [0.25, 0.3) is 0 Å². The standard InChI is InChI=1S/C19H23ClN2O2/c1-4-15-7-5-6-14(2)18(15)21-19(23)22(3)12-13-24-17-10-8-16(20)9-11-17/h5-11H,4,12-13H2,1-3H3,(H,21,23). The molecule has 0 atom stereocenters. The van der Waals surface area contributed by atoms with Gasteiger partial charge in [-0.3, -0.25) is 0 Å². The predicted molar refractivity (Wildman–Crippen MR) is 99.2 cm³/mol. The van der Waals surface area contributed by atoms with Crippen LogP contribution in [0.15, 0.2) is 42.5 Å². The largest absolute Gasteiger partial charge is 0.492 e. The van der Waals surface area contributed by atoms with E-state index in [9.17, 15) is 4.79 Å². The summed E-state index contributed by atoms with van der Waals surface area (Å²) in [6.45, 7) is 4.98. The van der Waals surface area contributed by atoms with Gasteiger partial charge in [0, 0.05) is 17.8 Å². The quantitative estimate of drug-likeness (QED) is 0.819. The van der Waals surface area contributed by atoms with Gasteiger partial charge in [-0.15, -0.1) is 0 Å². The topological polar surface area (TPSA) is 41.6 Å². The number of nitrogens with zero attached hydrogens (tertiary/aromatic N) is 1. The molecule has 0 spiro atoms. The maximum Gasteiger partial charge on any atom is 0.321 e. The Morgan fingerprint density at radius 3 is 2.58 bits per heavy atom. The summed E-state index contributed by atoms with van der Waals surface area (Å²) in [7, 11) is 1.75. The van der Waals surface area contributed by atoms with E-state index in [0.29, 0.717) is 18.2 Å². The van der Waals surface area contributed by atoms with Gasteiger partial charge in [0.05, 0.1) is 6.54 Å². The van der Waals surface area contributed by atoms with Crippen molar-refractivity contribution in [2.24, 2.45) is 0 Å². The maximum atomic E-state index is 12.4. The molecule has 0 fully saturated rings. The lowest BCUT2D eigenvalue weighted by atomic mass is 10.1. The molecule has 0 aliphatic heterocycles. The third-order valence-corrected chi connectivity index (χ3v) is 4.08. The molecule has 0 bridgehead atoms. The number of nitrogens with one attached hydrogen (secondary N) is 1. The Bertz CT molecular complexity index is 686. The van der Waals surface area contributed by atoms with E-state index in [2.05, 4.69) is 12.2 Å². The number of hydrogen-bond acceptors (Lipinski definition) is 2. The Morgan fingerprint density at radius 1 is 1.21 bits per heavy atom. The van der Waals surface area contributed by atoms with Crippen molar-refractivity contribution in [1.82, 2.24) is 4.90 Å². The molecular weight excluding hydrogens is 324 g/mol. The molecule has 1 N–H and O–H groups in total. The van der Waals surface area contributed by atoms with Crippen molar-refractivity contribution in [3.63, 3.8) is 0 Å². The summed E-state index contributed by atoms with van der Waals surface area (Å²) in [5, 5.41) is 3.67. The van der Waals surface area contributed by atoms with Crippen molar-refractivity contribution in [1.29, 1.82) is 0 Å². The Balaban J connectivity index is 1.87. The van der Waals surface area contributed by atoms with Crippen LogP contribution in [-0.2, 0) is 6.42 Å². The molecule has 0 aromatic heterocycles. The number of amides is 2. The van der Waals surface area contributed by atoms with Crippen molar-refractivity contribution in [2.75, 3.05) is 25.5 Å². The molecule has 0 saturated heterocycles. The highest BCUT2D eigenvalue weighted by molar-refractivity contribution is 6.30. The number of benzene rings is 2. The summed E-state index contributed by atoms with van der Waals surface area (Å²) in [6.07, 6.45) is 0.876. The van der Waals surface area contributed by atoms with Crippen LogP contribution in [0.1, 0.15) is 18.1 Å². The summed E-state index contributed by atoms with van der Waals surface area (Å²) >= 11 is 5.84. The minimum atomic E-state index is -0.140. The first-order chi connectivity index (χ1) is 11.5. The number of rotatable bonds is 6. The smallest absolute Gasteiger partial charge is 0.321 e. The van der Waals surface area contributed by atoms with Crippen molar-refractivity contribution in [3.05, 3.63) is 58.6 Å². The number of urea groups is 1. The summed E-state index contributed by atoms with van der Waals surface area (Å²) in [6, 6.07) is 13.1. The molecule has 0 radical (unpaired) electrons. The summed E-state index contributed by atoms with van der Waals surface area (Å²) in [5.41, 5.74) is 3.10. The molecule has 24 heavy (non-hydrogen) atoms. The van der Waals surface area contributed by atoms with Gasteiger partial charge in [0.2, 0.25) is 0 Å². The number of carbonyl (C=O) groups excluding carboxylic acids is 1. The third-order valence-electron chi connectivity index (χ3n) is 3.83. The van der Waals surface area contributed by atoms with Crippen molar-refractivity contribution in [2.45, 2.75) is 20.3 Å². The average Bonchev–Trinajstić information content (AvgIpc) is 2.58. The zero-order chi connectivity index (χ0) is 17.5. The number of carbonyl (C=O) groups is 1. The van der Waals surface area contributed by atoms with Crippen LogP contribution in [0.3, 0.4) is 0 Å². The molecule has 0 aliphatic carbocycles. The Morgan fingerprint density at radius 2 is 1.92 bits per heavy atom. The fourth-order valence-corrected chi connectivity index (χ4v) is 2.46. The van der Waals surface area contributed by atoms with Crippen LogP contribution in [0.4, 0.5) is 10.5 Å². The molecule has 0 saturated carbocycles. The van der Waals surface area contributed by atoms with Crippen LogP contribution in [0, 0.1) is 6.92 Å². The molecule has 0 unspecified atom stereocenters. The predicted octanol–water partition coefficient (Wildman–Crippen LogP) is 4.75. The van der Waals surface area contributed by atoms with E-state index in [1.54, 1.807) is 24.1 Å². The van der Waals surface area contributed by atoms with Crippen LogP contribution >= 0.6 is 11.6 Å². The Hall–Kier alpha value is -2.20. The number of likely N-dealkylation sites (N-methyl/N-ethyl adjacent to an activating group) is 1. The molecule has 4 nitrogen and oxygen atoms in total. The van der Waals surface area contributed by atoms with E-state index >= 15 is 0 Å². The molecule has 0 aliphatic rings. The first-order valence-electron chi connectivity index (χ1n) is 8.00. The highest BCUT2D eigenvalue weighted by atomic mass is 35.5. The van der Waals surface area contributed by atoms with Gasteiger partial charge in [0.25, 0.3) is 0 Å². The summed E-state index contributed by atoms with van der Waals surface area (Å²) in [5.74, 6) is 0.736. The number of aryl methyl sites for hydroxylation is 2. The SMILES string of the molecule is CCc1cccc(C)c1NC(=O)N(C)CCOc1ccc(Cl)cc1. The fraction of sp³-hybridized carbons (Fsp3) is 0.316. The monoisotopic (exact) mass is 346 g/mol. The first kappa shape index (κ1) is 18.1. The molecule has 128 valence electrons. The van der Waals surface area contributed by atoms with Crippen LogP contribution in [0.2, 0.25) is 5.02 Å². The average molecular weight is 347 g/mol. The number of halogens is 1.